The summed E-state index contributed by atoms with van der Waals surface area (Å²) in [5.41, 5.74) is 4.77. The average Bonchev–Trinajstić information content (AvgIpc) is 2.39. The Balaban J connectivity index is 0.000000861. The fraction of sp³-hybridized carbons (Fsp3) is 0.647. The second-order valence-corrected chi connectivity index (χ2v) is 5.46. The molecule has 2 rings (SSSR count). The fourth-order valence-corrected chi connectivity index (χ4v) is 2.80. The first-order chi connectivity index (χ1) is 8.99. The lowest BCUT2D eigenvalue weighted by Gasteiger charge is -2.29. The van der Waals surface area contributed by atoms with Gasteiger partial charge in [-0.25, -0.2) is 0 Å². The maximum absolute atomic E-state index is 11.6. The largest absolute Gasteiger partial charge is 0.300 e. The molecule has 0 aliphatic heterocycles. The van der Waals surface area contributed by atoms with Gasteiger partial charge in [-0.1, -0.05) is 20.8 Å². The molecule has 106 valence electrons. The number of carbonyl (C=O) groups excluding carboxylic acids is 1. The highest BCUT2D eigenvalue weighted by Gasteiger charge is 2.29. The molecule has 1 aromatic heterocycles. The van der Waals surface area contributed by atoms with Crippen molar-refractivity contribution in [3.05, 3.63) is 28.6 Å². The van der Waals surface area contributed by atoms with E-state index in [1.807, 2.05) is 20.8 Å². The van der Waals surface area contributed by atoms with Crippen LogP contribution < -0.4 is 0 Å². The van der Waals surface area contributed by atoms with E-state index < -0.39 is 0 Å². The number of hydrogen-bond donors (Lipinski definition) is 0. The van der Waals surface area contributed by atoms with Crippen LogP contribution in [0.4, 0.5) is 0 Å². The Morgan fingerprint density at radius 3 is 2.47 bits per heavy atom. The summed E-state index contributed by atoms with van der Waals surface area (Å²) in [6.45, 7) is 12.5. The summed E-state index contributed by atoms with van der Waals surface area (Å²) in [5.74, 6) is 1.29. The number of ketones is 1. The van der Waals surface area contributed by atoms with Crippen molar-refractivity contribution in [1.29, 1.82) is 0 Å². The van der Waals surface area contributed by atoms with Crippen molar-refractivity contribution < 1.29 is 4.79 Å². The molecule has 0 saturated heterocycles. The van der Waals surface area contributed by atoms with Crippen LogP contribution in [0.2, 0.25) is 0 Å². The molecule has 1 aliphatic rings. The molecule has 0 spiro atoms. The zero-order valence-corrected chi connectivity index (χ0v) is 13.2. The summed E-state index contributed by atoms with van der Waals surface area (Å²) in [6.07, 6.45) is 2.44. The molecule has 0 aromatic carbocycles. The molecule has 2 heteroatoms. The number of rotatable bonds is 1. The zero-order chi connectivity index (χ0) is 14.6. The van der Waals surface area contributed by atoms with Crippen molar-refractivity contribution >= 4 is 5.78 Å². The first-order valence-electron chi connectivity index (χ1n) is 7.45. The SMILES string of the molecule is CC.Cc1cc(C)c(C)c(C2CC(=O)CCC2C)n1. The quantitative estimate of drug-likeness (QED) is 0.744. The van der Waals surface area contributed by atoms with Gasteiger partial charge in [-0.15, -0.1) is 0 Å². The molecule has 1 heterocycles. The minimum absolute atomic E-state index is 0.329. The summed E-state index contributed by atoms with van der Waals surface area (Å²) < 4.78 is 0. The summed E-state index contributed by atoms with van der Waals surface area (Å²) in [4.78, 5) is 16.3. The smallest absolute Gasteiger partial charge is 0.133 e. The first-order valence-corrected chi connectivity index (χ1v) is 7.45. The van der Waals surface area contributed by atoms with E-state index >= 15 is 0 Å². The Bertz CT molecular complexity index is 451. The fourth-order valence-electron chi connectivity index (χ4n) is 2.80. The van der Waals surface area contributed by atoms with Crippen LogP contribution >= 0.6 is 0 Å². The number of carbonyl (C=O) groups is 1. The second kappa shape index (κ2) is 6.83. The van der Waals surface area contributed by atoms with E-state index in [-0.39, 0.29) is 0 Å². The summed E-state index contributed by atoms with van der Waals surface area (Å²) >= 11 is 0. The van der Waals surface area contributed by atoms with Gasteiger partial charge in [0, 0.05) is 30.1 Å². The van der Waals surface area contributed by atoms with Crippen molar-refractivity contribution in [2.45, 2.75) is 66.7 Å². The van der Waals surface area contributed by atoms with Crippen LogP contribution in [0.15, 0.2) is 6.07 Å². The predicted octanol–water partition coefficient (Wildman–Crippen LogP) is 4.51. The molecule has 2 atom stereocenters. The lowest BCUT2D eigenvalue weighted by Crippen LogP contribution is -2.23. The van der Waals surface area contributed by atoms with E-state index in [9.17, 15) is 4.79 Å². The van der Waals surface area contributed by atoms with E-state index in [1.165, 1.54) is 11.1 Å². The maximum Gasteiger partial charge on any atom is 0.133 e. The first kappa shape index (κ1) is 15.9. The van der Waals surface area contributed by atoms with Crippen molar-refractivity contribution in [2.24, 2.45) is 5.92 Å². The van der Waals surface area contributed by atoms with Crippen LogP contribution in [0.1, 0.15) is 68.5 Å². The zero-order valence-electron chi connectivity index (χ0n) is 13.2. The Morgan fingerprint density at radius 2 is 1.84 bits per heavy atom. The molecular weight excluding hydrogens is 234 g/mol. The number of Topliss-reactive ketones (excluding diaryl/α,β-unsaturated/α-hetero) is 1. The molecule has 0 radical (unpaired) electrons. The highest BCUT2D eigenvalue weighted by atomic mass is 16.1. The maximum atomic E-state index is 11.6. The van der Waals surface area contributed by atoms with E-state index in [0.29, 0.717) is 24.0 Å². The molecule has 1 saturated carbocycles. The van der Waals surface area contributed by atoms with Gasteiger partial charge in [-0.3, -0.25) is 9.78 Å². The van der Waals surface area contributed by atoms with Gasteiger partial charge in [0.1, 0.15) is 5.78 Å². The van der Waals surface area contributed by atoms with Gasteiger partial charge in [-0.05, 0) is 50.3 Å². The molecule has 0 bridgehead atoms. The average molecular weight is 261 g/mol. The molecular formula is C17H27NO. The summed E-state index contributed by atoms with van der Waals surface area (Å²) in [6, 6.07) is 2.12. The van der Waals surface area contributed by atoms with E-state index in [4.69, 9.17) is 0 Å². The third kappa shape index (κ3) is 3.65. The second-order valence-electron chi connectivity index (χ2n) is 5.46. The van der Waals surface area contributed by atoms with Crippen LogP contribution in [0, 0.1) is 26.7 Å². The topological polar surface area (TPSA) is 30.0 Å². The van der Waals surface area contributed by atoms with Crippen molar-refractivity contribution in [2.75, 3.05) is 0 Å². The van der Waals surface area contributed by atoms with Crippen molar-refractivity contribution in [1.82, 2.24) is 4.98 Å². The van der Waals surface area contributed by atoms with Crippen LogP contribution in [0.3, 0.4) is 0 Å². The molecule has 2 nitrogen and oxygen atoms in total. The van der Waals surface area contributed by atoms with Gasteiger partial charge in [0.2, 0.25) is 0 Å². The van der Waals surface area contributed by atoms with Crippen molar-refractivity contribution in [3.63, 3.8) is 0 Å². The molecule has 2 unspecified atom stereocenters. The minimum Gasteiger partial charge on any atom is -0.300 e. The monoisotopic (exact) mass is 261 g/mol. The third-order valence-electron chi connectivity index (χ3n) is 4.06. The Labute approximate surface area is 117 Å². The predicted molar refractivity (Wildman–Crippen MR) is 80.6 cm³/mol. The lowest BCUT2D eigenvalue weighted by atomic mass is 9.76. The van der Waals surface area contributed by atoms with Gasteiger partial charge >= 0.3 is 0 Å². The highest BCUT2D eigenvalue weighted by Crippen LogP contribution is 2.37. The van der Waals surface area contributed by atoms with Gasteiger partial charge in [0.05, 0.1) is 0 Å². The summed E-state index contributed by atoms with van der Waals surface area (Å²) in [7, 11) is 0. The number of pyridine rings is 1. The van der Waals surface area contributed by atoms with E-state index in [0.717, 1.165) is 24.2 Å². The highest BCUT2D eigenvalue weighted by molar-refractivity contribution is 5.80. The van der Waals surface area contributed by atoms with Gasteiger partial charge < -0.3 is 0 Å². The van der Waals surface area contributed by atoms with Gasteiger partial charge in [-0.2, -0.15) is 0 Å². The molecule has 1 aromatic rings. The third-order valence-corrected chi connectivity index (χ3v) is 4.06. The molecule has 1 aliphatic carbocycles. The van der Waals surface area contributed by atoms with Crippen LogP contribution in [-0.2, 0) is 4.79 Å². The summed E-state index contributed by atoms with van der Waals surface area (Å²) in [5, 5.41) is 0. The Hall–Kier alpha value is -1.18. The number of hydrogen-bond acceptors (Lipinski definition) is 2. The van der Waals surface area contributed by atoms with Gasteiger partial charge in [0.25, 0.3) is 0 Å². The molecule has 0 N–H and O–H groups in total. The Kier molecular flexibility index (Phi) is 5.71. The van der Waals surface area contributed by atoms with E-state index in [2.05, 4.69) is 31.8 Å². The van der Waals surface area contributed by atoms with Crippen molar-refractivity contribution in [3.8, 4) is 0 Å². The number of nitrogens with zero attached hydrogens (tertiary/aromatic N) is 1. The molecule has 0 amide bonds. The standard InChI is InChI=1S/C15H21NO.C2H6/c1-9-5-6-13(17)8-14(9)15-12(4)10(2)7-11(3)16-15;1-2/h7,9,14H,5-6,8H2,1-4H3;1-2H3. The Morgan fingerprint density at radius 1 is 1.21 bits per heavy atom. The molecule has 19 heavy (non-hydrogen) atoms. The van der Waals surface area contributed by atoms with Crippen LogP contribution in [0.5, 0.6) is 0 Å². The number of aromatic nitrogens is 1. The van der Waals surface area contributed by atoms with Gasteiger partial charge in [0.15, 0.2) is 0 Å². The number of aryl methyl sites for hydroxylation is 2. The minimum atomic E-state index is 0.329. The molecule has 1 fully saturated rings. The lowest BCUT2D eigenvalue weighted by molar-refractivity contribution is -0.121. The van der Waals surface area contributed by atoms with Crippen LogP contribution in [-0.4, -0.2) is 10.8 Å². The van der Waals surface area contributed by atoms with Crippen LogP contribution in [0.25, 0.3) is 0 Å². The van der Waals surface area contributed by atoms with E-state index in [1.54, 1.807) is 0 Å². The normalized spacial score (nSPS) is 22.7.